The van der Waals surface area contributed by atoms with Crippen LogP contribution >= 0.6 is 11.3 Å². The number of nitrogens with zero attached hydrogens (tertiary/aromatic N) is 2. The highest BCUT2D eigenvalue weighted by Gasteiger charge is 2.36. The Labute approximate surface area is 186 Å². The van der Waals surface area contributed by atoms with Gasteiger partial charge in [-0.25, -0.2) is 4.79 Å². The Kier molecular flexibility index (Phi) is 6.50. The summed E-state index contributed by atoms with van der Waals surface area (Å²) in [5.41, 5.74) is 3.34. The maximum Gasteiger partial charge on any atom is 0.404 e. The van der Waals surface area contributed by atoms with Crippen LogP contribution in [0.4, 0.5) is 4.79 Å². The van der Waals surface area contributed by atoms with E-state index in [1.54, 1.807) is 10.9 Å². The lowest BCUT2D eigenvalue weighted by atomic mass is 9.79. The summed E-state index contributed by atoms with van der Waals surface area (Å²) in [5, 5.41) is 21.3. The average molecular weight is 441 g/mol. The highest BCUT2D eigenvalue weighted by atomic mass is 32.1. The number of carboxylic acid groups (broad SMARTS) is 1. The summed E-state index contributed by atoms with van der Waals surface area (Å²) < 4.78 is 1.79. The van der Waals surface area contributed by atoms with Crippen molar-refractivity contribution in [2.24, 2.45) is 12.5 Å². The molecule has 3 N–H and O–H groups in total. The highest BCUT2D eigenvalue weighted by Crippen LogP contribution is 2.32. The third kappa shape index (κ3) is 5.14. The van der Waals surface area contributed by atoms with Gasteiger partial charge in [0.1, 0.15) is 0 Å². The summed E-state index contributed by atoms with van der Waals surface area (Å²) >= 11 is 1.35. The second-order valence-electron chi connectivity index (χ2n) is 8.65. The maximum absolute atomic E-state index is 13.2. The predicted molar refractivity (Wildman–Crippen MR) is 122 cm³/mol. The van der Waals surface area contributed by atoms with E-state index >= 15 is 0 Å². The molecule has 2 atom stereocenters. The van der Waals surface area contributed by atoms with Gasteiger partial charge in [0.2, 0.25) is 0 Å². The van der Waals surface area contributed by atoms with Crippen molar-refractivity contribution in [1.29, 1.82) is 0 Å². The van der Waals surface area contributed by atoms with Gasteiger partial charge in [-0.2, -0.15) is 5.10 Å². The summed E-state index contributed by atoms with van der Waals surface area (Å²) in [6, 6.07) is 10.2. The zero-order valence-electron chi connectivity index (χ0n) is 18.3. The summed E-state index contributed by atoms with van der Waals surface area (Å²) in [6.07, 6.45) is 0.670. The van der Waals surface area contributed by atoms with Gasteiger partial charge in [-0.05, 0) is 29.5 Å². The van der Waals surface area contributed by atoms with Gasteiger partial charge < -0.3 is 15.7 Å². The largest absolute Gasteiger partial charge is 0.465 e. The van der Waals surface area contributed by atoms with Crippen LogP contribution in [-0.4, -0.2) is 32.9 Å². The lowest BCUT2D eigenvalue weighted by molar-refractivity contribution is 0.0904. The molecule has 0 aliphatic heterocycles. The van der Waals surface area contributed by atoms with E-state index in [-0.39, 0.29) is 5.91 Å². The van der Waals surface area contributed by atoms with Crippen LogP contribution in [0, 0.1) is 12.3 Å². The van der Waals surface area contributed by atoms with Crippen molar-refractivity contribution in [3.05, 3.63) is 64.0 Å². The molecular weight excluding hydrogens is 412 g/mol. The Morgan fingerprint density at radius 1 is 1.16 bits per heavy atom. The van der Waals surface area contributed by atoms with Crippen molar-refractivity contribution < 1.29 is 14.7 Å². The van der Waals surface area contributed by atoms with Crippen molar-refractivity contribution in [1.82, 2.24) is 20.4 Å². The summed E-state index contributed by atoms with van der Waals surface area (Å²) in [7, 11) is 1.87. The van der Waals surface area contributed by atoms with E-state index in [0.29, 0.717) is 4.88 Å². The molecule has 31 heavy (non-hydrogen) atoms. The Balaban J connectivity index is 1.93. The molecule has 0 bridgehead atoms. The Bertz CT molecular complexity index is 1050. The number of amides is 2. The van der Waals surface area contributed by atoms with E-state index in [9.17, 15) is 14.7 Å². The first-order valence-corrected chi connectivity index (χ1v) is 10.9. The number of benzene rings is 1. The fourth-order valence-corrected chi connectivity index (χ4v) is 4.50. The number of carbonyl (C=O) groups is 2. The normalized spacial score (nSPS) is 13.5. The molecule has 0 aliphatic carbocycles. The van der Waals surface area contributed by atoms with Crippen LogP contribution in [0.5, 0.6) is 0 Å². The van der Waals surface area contributed by atoms with Crippen LogP contribution in [0.3, 0.4) is 0 Å². The molecule has 0 saturated heterocycles. The zero-order valence-corrected chi connectivity index (χ0v) is 19.2. The molecule has 0 fully saturated rings. The molecular formula is C23H28N4O3S. The van der Waals surface area contributed by atoms with Crippen LogP contribution in [0.25, 0.3) is 11.3 Å². The van der Waals surface area contributed by atoms with E-state index in [1.807, 2.05) is 76.5 Å². The van der Waals surface area contributed by atoms with Gasteiger partial charge in [-0.15, -0.1) is 11.3 Å². The van der Waals surface area contributed by atoms with E-state index in [4.69, 9.17) is 0 Å². The van der Waals surface area contributed by atoms with Crippen LogP contribution in [-0.2, 0) is 7.05 Å². The quantitative estimate of drug-likeness (QED) is 0.521. The van der Waals surface area contributed by atoms with Gasteiger partial charge in [-0.3, -0.25) is 9.48 Å². The number of hydrogen-bond acceptors (Lipinski definition) is 4. The molecule has 0 radical (unpaired) electrons. The minimum absolute atomic E-state index is 0.244. The standard InChI is InChI=1S/C23H28N4O3S/c1-14-12-24-27(5)19(14)16-11-17(31-13-16)21(28)25-18(15-9-7-6-8-10-15)20(23(2,3)4)26-22(29)30/h6-13,18,20,26H,1-5H3,(H,25,28)(H,29,30)/t18-,20?/m0/s1. The number of nitrogens with one attached hydrogen (secondary N) is 2. The first kappa shape index (κ1) is 22.6. The third-order valence-corrected chi connectivity index (χ3v) is 6.14. The monoisotopic (exact) mass is 440 g/mol. The number of hydrogen-bond donors (Lipinski definition) is 3. The van der Waals surface area contributed by atoms with Crippen molar-refractivity contribution in [3.63, 3.8) is 0 Å². The highest BCUT2D eigenvalue weighted by molar-refractivity contribution is 7.12. The third-order valence-electron chi connectivity index (χ3n) is 5.21. The number of carbonyl (C=O) groups excluding carboxylic acids is 1. The summed E-state index contributed by atoms with van der Waals surface area (Å²) in [5.74, 6) is -0.244. The molecule has 0 spiro atoms. The second-order valence-corrected chi connectivity index (χ2v) is 9.57. The molecule has 0 aliphatic rings. The SMILES string of the molecule is Cc1cnn(C)c1-c1csc(C(=O)N[C@@H](c2ccccc2)C(NC(=O)O)C(C)(C)C)c1. The molecule has 1 aromatic carbocycles. The molecule has 2 heterocycles. The summed E-state index contributed by atoms with van der Waals surface area (Å²) in [6.45, 7) is 7.83. The average Bonchev–Trinajstić information content (AvgIpc) is 3.30. The maximum atomic E-state index is 13.2. The van der Waals surface area contributed by atoms with Crippen LogP contribution in [0.1, 0.15) is 47.6 Å². The zero-order chi connectivity index (χ0) is 22.8. The van der Waals surface area contributed by atoms with E-state index in [1.165, 1.54) is 11.3 Å². The second kappa shape index (κ2) is 8.93. The molecule has 3 rings (SSSR count). The topological polar surface area (TPSA) is 96.3 Å². The van der Waals surface area contributed by atoms with Crippen molar-refractivity contribution in [2.75, 3.05) is 0 Å². The lowest BCUT2D eigenvalue weighted by Crippen LogP contribution is -2.52. The minimum atomic E-state index is -1.12. The first-order chi connectivity index (χ1) is 14.6. The molecule has 2 amide bonds. The molecule has 8 heteroatoms. The first-order valence-electron chi connectivity index (χ1n) is 10.0. The Morgan fingerprint density at radius 2 is 1.84 bits per heavy atom. The van der Waals surface area contributed by atoms with Gasteiger partial charge >= 0.3 is 6.09 Å². The van der Waals surface area contributed by atoms with Crippen LogP contribution in [0.15, 0.2) is 48.0 Å². The number of rotatable bonds is 6. The molecule has 0 saturated carbocycles. The van der Waals surface area contributed by atoms with Gasteiger partial charge in [0.25, 0.3) is 5.91 Å². The minimum Gasteiger partial charge on any atom is -0.465 e. The lowest BCUT2D eigenvalue weighted by Gasteiger charge is -2.37. The fraction of sp³-hybridized carbons (Fsp3) is 0.348. The Hall–Kier alpha value is -3.13. The van der Waals surface area contributed by atoms with Gasteiger partial charge in [0, 0.05) is 18.0 Å². The van der Waals surface area contributed by atoms with Crippen LogP contribution in [0.2, 0.25) is 0 Å². The molecule has 1 unspecified atom stereocenters. The fourth-order valence-electron chi connectivity index (χ4n) is 3.71. The molecule has 7 nitrogen and oxygen atoms in total. The molecule has 3 aromatic rings. The van der Waals surface area contributed by atoms with E-state index in [2.05, 4.69) is 15.7 Å². The van der Waals surface area contributed by atoms with Crippen molar-refractivity contribution in [2.45, 2.75) is 39.8 Å². The van der Waals surface area contributed by atoms with Gasteiger partial charge in [0.05, 0.1) is 28.9 Å². The predicted octanol–water partition coefficient (Wildman–Crippen LogP) is 4.61. The van der Waals surface area contributed by atoms with Gasteiger partial charge in [0.15, 0.2) is 0 Å². The smallest absolute Gasteiger partial charge is 0.404 e. The Morgan fingerprint density at radius 3 is 2.39 bits per heavy atom. The van der Waals surface area contributed by atoms with Gasteiger partial charge in [-0.1, -0.05) is 51.1 Å². The van der Waals surface area contributed by atoms with Crippen LogP contribution < -0.4 is 10.6 Å². The van der Waals surface area contributed by atoms with Crippen molar-refractivity contribution >= 4 is 23.3 Å². The number of aryl methyl sites for hydroxylation is 2. The number of thiophene rings is 1. The molecule has 2 aromatic heterocycles. The van der Waals surface area contributed by atoms with Crippen molar-refractivity contribution in [3.8, 4) is 11.3 Å². The van der Waals surface area contributed by atoms with E-state index < -0.39 is 23.6 Å². The van der Waals surface area contributed by atoms with E-state index in [0.717, 1.165) is 22.4 Å². The molecule has 164 valence electrons. The number of aromatic nitrogens is 2. The summed E-state index contributed by atoms with van der Waals surface area (Å²) in [4.78, 5) is 25.3.